The minimum absolute atomic E-state index is 0.0915. The van der Waals surface area contributed by atoms with Gasteiger partial charge in [0.25, 0.3) is 5.91 Å². The van der Waals surface area contributed by atoms with Gasteiger partial charge in [0.05, 0.1) is 0 Å². The summed E-state index contributed by atoms with van der Waals surface area (Å²) in [4.78, 5) is 14.2. The average Bonchev–Trinajstić information content (AvgIpc) is 2.37. The Kier molecular flexibility index (Phi) is 6.02. The van der Waals surface area contributed by atoms with E-state index in [9.17, 15) is 9.18 Å². The number of nitrogens with zero attached hydrogens (tertiary/aromatic N) is 1. The minimum Gasteiger partial charge on any atom is -0.338 e. The summed E-state index contributed by atoms with van der Waals surface area (Å²) in [6.07, 6.45) is 2.92. The highest BCUT2D eigenvalue weighted by Gasteiger charge is 2.19. The van der Waals surface area contributed by atoms with E-state index >= 15 is 0 Å². The Bertz CT molecular complexity index is 425. The molecule has 0 spiro atoms. The van der Waals surface area contributed by atoms with Gasteiger partial charge in [-0.1, -0.05) is 6.92 Å². The van der Waals surface area contributed by atoms with Gasteiger partial charge in [-0.2, -0.15) is 11.8 Å². The van der Waals surface area contributed by atoms with Crippen molar-refractivity contribution in [1.82, 2.24) is 4.90 Å². The fraction of sp³-hybridized carbons (Fsp3) is 0.462. The first-order chi connectivity index (χ1) is 8.51. The molecule has 0 saturated carbocycles. The molecule has 0 aliphatic carbocycles. The number of carbonyl (C=O) groups excluding carboxylic acids is 1. The highest BCUT2D eigenvalue weighted by atomic mass is 32.2. The number of thioether (sulfide) groups is 1. The summed E-state index contributed by atoms with van der Waals surface area (Å²) in [5.41, 5.74) is 0.475. The van der Waals surface area contributed by atoms with Crippen LogP contribution in [0.3, 0.4) is 0 Å². The predicted molar refractivity (Wildman–Crippen MR) is 78.2 cm³/mol. The smallest absolute Gasteiger partial charge is 0.253 e. The summed E-state index contributed by atoms with van der Waals surface area (Å²) in [6.45, 7) is 2.05. The van der Waals surface area contributed by atoms with Gasteiger partial charge < -0.3 is 4.90 Å². The van der Waals surface area contributed by atoms with Crippen molar-refractivity contribution < 1.29 is 9.18 Å². The summed E-state index contributed by atoms with van der Waals surface area (Å²) in [6, 6.07) is 4.45. The van der Waals surface area contributed by atoms with Crippen molar-refractivity contribution >= 4 is 30.3 Å². The van der Waals surface area contributed by atoms with Crippen LogP contribution in [0.2, 0.25) is 0 Å². The quantitative estimate of drug-likeness (QED) is 0.838. The van der Waals surface area contributed by atoms with Gasteiger partial charge in [0.2, 0.25) is 0 Å². The van der Waals surface area contributed by atoms with Crippen molar-refractivity contribution in [3.63, 3.8) is 0 Å². The van der Waals surface area contributed by atoms with Gasteiger partial charge in [-0.3, -0.25) is 4.79 Å². The molecule has 1 aromatic carbocycles. The molecular weight excluding hydrogens is 269 g/mol. The molecule has 1 amide bonds. The minimum atomic E-state index is -0.409. The fourth-order valence-electron chi connectivity index (χ4n) is 1.71. The van der Waals surface area contributed by atoms with E-state index in [0.717, 1.165) is 12.2 Å². The molecule has 0 bridgehead atoms. The zero-order chi connectivity index (χ0) is 13.7. The maximum Gasteiger partial charge on any atom is 0.253 e. The number of thiol groups is 1. The van der Waals surface area contributed by atoms with Crippen molar-refractivity contribution in [1.29, 1.82) is 0 Å². The first kappa shape index (κ1) is 15.4. The topological polar surface area (TPSA) is 20.3 Å². The van der Waals surface area contributed by atoms with E-state index in [1.165, 1.54) is 18.2 Å². The molecule has 0 heterocycles. The van der Waals surface area contributed by atoms with Gasteiger partial charge in [-0.15, -0.1) is 12.6 Å². The summed E-state index contributed by atoms with van der Waals surface area (Å²) in [5, 5.41) is 0. The van der Waals surface area contributed by atoms with E-state index in [1.54, 1.807) is 23.7 Å². The first-order valence-corrected chi connectivity index (χ1v) is 7.60. The van der Waals surface area contributed by atoms with Crippen molar-refractivity contribution in [2.45, 2.75) is 24.3 Å². The molecule has 0 fully saturated rings. The third-order valence-electron chi connectivity index (χ3n) is 2.89. The third kappa shape index (κ3) is 3.65. The molecule has 1 atom stereocenters. The van der Waals surface area contributed by atoms with Crippen LogP contribution in [0.1, 0.15) is 23.7 Å². The first-order valence-electron chi connectivity index (χ1n) is 5.75. The van der Waals surface area contributed by atoms with E-state index in [1.807, 2.05) is 6.26 Å². The lowest BCUT2D eigenvalue weighted by Gasteiger charge is -2.27. The lowest BCUT2D eigenvalue weighted by atomic mass is 10.1. The Morgan fingerprint density at radius 1 is 1.56 bits per heavy atom. The number of hydrogen-bond acceptors (Lipinski definition) is 3. The van der Waals surface area contributed by atoms with Crippen molar-refractivity contribution in [3.8, 4) is 0 Å². The second-order valence-electron chi connectivity index (χ2n) is 4.10. The van der Waals surface area contributed by atoms with Crippen molar-refractivity contribution in [3.05, 3.63) is 29.6 Å². The molecule has 0 aliphatic heterocycles. The normalized spacial score (nSPS) is 12.3. The molecule has 0 N–H and O–H groups in total. The highest BCUT2D eigenvalue weighted by molar-refractivity contribution is 7.98. The zero-order valence-corrected chi connectivity index (χ0v) is 12.5. The number of benzene rings is 1. The van der Waals surface area contributed by atoms with Crippen LogP contribution in [0.25, 0.3) is 0 Å². The third-order valence-corrected chi connectivity index (χ3v) is 3.95. The summed E-state index contributed by atoms with van der Waals surface area (Å²) in [7, 11) is 1.79. The van der Waals surface area contributed by atoms with Gasteiger partial charge in [0, 0.05) is 29.3 Å². The summed E-state index contributed by atoms with van der Waals surface area (Å²) >= 11 is 5.71. The standard InChI is InChI=1S/C13H18FNOS2/c1-4-10(8-18-3)15(2)13(16)9-5-6-11(14)12(17)7-9/h5-7,10,17H,4,8H2,1-3H3. The molecule has 0 aromatic heterocycles. The molecule has 0 aliphatic rings. The lowest BCUT2D eigenvalue weighted by Crippen LogP contribution is -2.38. The SMILES string of the molecule is CCC(CSC)N(C)C(=O)c1ccc(F)c(S)c1. The van der Waals surface area contributed by atoms with Gasteiger partial charge in [0.15, 0.2) is 0 Å². The van der Waals surface area contributed by atoms with Crippen molar-refractivity contribution in [2.24, 2.45) is 0 Å². The van der Waals surface area contributed by atoms with Gasteiger partial charge in [0.1, 0.15) is 5.82 Å². The number of rotatable bonds is 5. The second-order valence-corrected chi connectivity index (χ2v) is 5.49. The van der Waals surface area contributed by atoms with Gasteiger partial charge >= 0.3 is 0 Å². The van der Waals surface area contributed by atoms with Crippen LogP contribution in [0.4, 0.5) is 4.39 Å². The molecule has 0 radical (unpaired) electrons. The largest absolute Gasteiger partial charge is 0.338 e. The van der Waals surface area contributed by atoms with Gasteiger partial charge in [-0.25, -0.2) is 4.39 Å². The maximum absolute atomic E-state index is 13.1. The predicted octanol–water partition coefficient (Wildman–Crippen LogP) is 3.33. The average molecular weight is 287 g/mol. The van der Waals surface area contributed by atoms with Crippen LogP contribution in [0.5, 0.6) is 0 Å². The molecule has 1 rings (SSSR count). The number of halogens is 1. The van der Waals surface area contributed by atoms with Crippen molar-refractivity contribution in [2.75, 3.05) is 19.1 Å². The number of amides is 1. The fourth-order valence-corrected chi connectivity index (χ4v) is 2.77. The van der Waals surface area contributed by atoms with E-state index in [2.05, 4.69) is 19.6 Å². The van der Waals surface area contributed by atoms with E-state index in [-0.39, 0.29) is 16.8 Å². The Balaban J connectivity index is 2.88. The molecule has 0 saturated heterocycles. The number of hydrogen-bond donors (Lipinski definition) is 1. The molecule has 100 valence electrons. The molecular formula is C13H18FNOS2. The van der Waals surface area contributed by atoms with Crippen LogP contribution in [0, 0.1) is 5.82 Å². The molecule has 2 nitrogen and oxygen atoms in total. The second kappa shape index (κ2) is 7.04. The van der Waals surface area contributed by atoms with Crippen LogP contribution >= 0.6 is 24.4 Å². The summed E-state index contributed by atoms with van der Waals surface area (Å²) < 4.78 is 13.1. The van der Waals surface area contributed by atoms with Crippen LogP contribution in [0.15, 0.2) is 23.1 Å². The van der Waals surface area contributed by atoms with E-state index in [0.29, 0.717) is 5.56 Å². The Morgan fingerprint density at radius 2 is 2.22 bits per heavy atom. The van der Waals surface area contributed by atoms with Gasteiger partial charge in [-0.05, 0) is 30.9 Å². The van der Waals surface area contributed by atoms with E-state index in [4.69, 9.17) is 0 Å². The zero-order valence-electron chi connectivity index (χ0n) is 10.8. The van der Waals surface area contributed by atoms with Crippen LogP contribution in [-0.4, -0.2) is 35.9 Å². The molecule has 1 unspecified atom stereocenters. The van der Waals surface area contributed by atoms with Crippen LogP contribution in [-0.2, 0) is 0 Å². The molecule has 18 heavy (non-hydrogen) atoms. The van der Waals surface area contributed by atoms with E-state index < -0.39 is 5.82 Å². The highest BCUT2D eigenvalue weighted by Crippen LogP contribution is 2.17. The Hall–Kier alpha value is -0.680. The Labute approximate surface area is 117 Å². The summed E-state index contributed by atoms with van der Waals surface area (Å²) in [5.74, 6) is 0.396. The molecule has 1 aromatic rings. The number of carbonyl (C=O) groups is 1. The molecule has 5 heteroatoms. The lowest BCUT2D eigenvalue weighted by molar-refractivity contribution is 0.0743. The monoisotopic (exact) mass is 287 g/mol. The Morgan fingerprint density at radius 3 is 2.72 bits per heavy atom. The maximum atomic E-state index is 13.1. The van der Waals surface area contributed by atoms with Crippen LogP contribution < -0.4 is 0 Å².